The number of anilines is 1. The summed E-state index contributed by atoms with van der Waals surface area (Å²) in [6.07, 6.45) is -9.35. The van der Waals surface area contributed by atoms with Gasteiger partial charge in [-0.2, -0.15) is 30.7 Å². The zero-order valence-corrected chi connectivity index (χ0v) is 21.0. The fourth-order valence-electron chi connectivity index (χ4n) is 2.15. The van der Waals surface area contributed by atoms with Crippen LogP contribution in [-0.2, 0) is 12.4 Å². The molecule has 0 heterocycles. The average Bonchev–Trinajstić information content (AvgIpc) is 2.76. The van der Waals surface area contributed by atoms with E-state index in [-0.39, 0.29) is 18.3 Å². The van der Waals surface area contributed by atoms with E-state index < -0.39 is 61.7 Å². The van der Waals surface area contributed by atoms with Gasteiger partial charge in [-0.1, -0.05) is 0 Å². The standard InChI is InChI=1S/C11H13F3N2O3.C7H3F4NO2.C4H11NO/c1-10(2,17)6-15-8-4-3-7(11(12,13)14)5-9(8)16(18)19;8-5-2-1-4(7(9,10)11)3-6(5)12(13)14;1-4(2,6)3-5/h3-5,15,17H,6H2,1-2H3;1-3H;6H,3,5H2,1-2H3. The minimum absolute atomic E-state index is 0.0286. The van der Waals surface area contributed by atoms with Crippen LogP contribution >= 0.6 is 0 Å². The third-order valence-corrected chi connectivity index (χ3v) is 4.20. The van der Waals surface area contributed by atoms with Crippen molar-refractivity contribution in [1.82, 2.24) is 0 Å². The number of nitrogens with two attached hydrogens (primary N) is 1. The predicted octanol–water partition coefficient (Wildman–Crippen LogP) is 5.27. The molecule has 0 atom stereocenters. The van der Waals surface area contributed by atoms with Gasteiger partial charge in [-0.05, 0) is 52.0 Å². The van der Waals surface area contributed by atoms with Crippen molar-refractivity contribution >= 4 is 17.1 Å². The van der Waals surface area contributed by atoms with Crippen LogP contribution < -0.4 is 11.1 Å². The predicted molar refractivity (Wildman–Crippen MR) is 126 cm³/mol. The Balaban J connectivity index is 0.000000631. The Morgan fingerprint density at radius 3 is 1.51 bits per heavy atom. The van der Waals surface area contributed by atoms with Crippen molar-refractivity contribution in [3.63, 3.8) is 0 Å². The third-order valence-electron chi connectivity index (χ3n) is 4.20. The number of rotatable bonds is 6. The number of hydrogen-bond donors (Lipinski definition) is 4. The Bertz CT molecular complexity index is 1130. The number of hydrogen-bond acceptors (Lipinski definition) is 8. The Morgan fingerprint density at radius 1 is 0.795 bits per heavy atom. The van der Waals surface area contributed by atoms with Gasteiger partial charge in [0.15, 0.2) is 0 Å². The van der Waals surface area contributed by atoms with Crippen LogP contribution in [0.1, 0.15) is 38.8 Å². The number of nitrogens with one attached hydrogen (secondary N) is 1. The van der Waals surface area contributed by atoms with Crippen LogP contribution in [0.3, 0.4) is 0 Å². The summed E-state index contributed by atoms with van der Waals surface area (Å²) in [6, 6.07) is 3.22. The molecule has 0 aliphatic heterocycles. The Labute approximate surface area is 217 Å². The summed E-state index contributed by atoms with van der Waals surface area (Å²) in [4.78, 5) is 18.8. The maximum atomic E-state index is 12.6. The number of nitrogens with zero attached hydrogens (tertiary/aromatic N) is 2. The summed E-state index contributed by atoms with van der Waals surface area (Å²) in [6.45, 7) is 6.58. The minimum Gasteiger partial charge on any atom is -0.389 e. The molecule has 0 fully saturated rings. The minimum atomic E-state index is -4.71. The van der Waals surface area contributed by atoms with E-state index in [0.29, 0.717) is 24.7 Å². The molecule has 0 bridgehead atoms. The van der Waals surface area contributed by atoms with Crippen LogP contribution in [0, 0.1) is 26.0 Å². The molecule has 2 aromatic rings. The summed E-state index contributed by atoms with van der Waals surface area (Å²) in [5, 5.41) is 41.6. The summed E-state index contributed by atoms with van der Waals surface area (Å²) >= 11 is 0. The molecule has 0 aliphatic carbocycles. The second kappa shape index (κ2) is 13.5. The zero-order valence-electron chi connectivity index (χ0n) is 21.0. The first-order valence-corrected chi connectivity index (χ1v) is 10.6. The van der Waals surface area contributed by atoms with Crippen molar-refractivity contribution in [3.05, 3.63) is 73.6 Å². The van der Waals surface area contributed by atoms with Gasteiger partial charge in [0.25, 0.3) is 5.69 Å². The molecule has 0 saturated heterocycles. The number of halogens is 7. The lowest BCUT2D eigenvalue weighted by Gasteiger charge is -2.18. The van der Waals surface area contributed by atoms with Gasteiger partial charge in [0.05, 0.1) is 32.2 Å². The van der Waals surface area contributed by atoms with E-state index in [0.717, 1.165) is 12.1 Å². The molecular formula is C22H27F7N4O6. The fraction of sp³-hybridized carbons (Fsp3) is 0.455. The zero-order chi connectivity index (χ0) is 31.0. The average molecular weight is 576 g/mol. The molecule has 0 unspecified atom stereocenters. The van der Waals surface area contributed by atoms with Crippen molar-refractivity contribution < 1.29 is 50.8 Å². The van der Waals surface area contributed by atoms with Gasteiger partial charge in [-0.3, -0.25) is 20.2 Å². The van der Waals surface area contributed by atoms with Crippen LogP contribution in [0.25, 0.3) is 0 Å². The summed E-state index contributed by atoms with van der Waals surface area (Å²) in [7, 11) is 0. The first kappa shape index (κ1) is 35.4. The Hall–Kier alpha value is -3.57. The molecule has 220 valence electrons. The summed E-state index contributed by atoms with van der Waals surface area (Å²) < 4.78 is 86.0. The van der Waals surface area contributed by atoms with Gasteiger partial charge in [-0.15, -0.1) is 0 Å². The molecule has 0 radical (unpaired) electrons. The summed E-state index contributed by atoms with van der Waals surface area (Å²) in [5.41, 5.74) is -1.03. The van der Waals surface area contributed by atoms with E-state index in [1.54, 1.807) is 13.8 Å². The number of nitro benzene ring substituents is 2. The van der Waals surface area contributed by atoms with Crippen molar-refractivity contribution in [2.45, 2.75) is 51.2 Å². The van der Waals surface area contributed by atoms with Gasteiger partial charge in [0.1, 0.15) is 5.69 Å². The molecule has 17 heteroatoms. The number of aliphatic hydroxyl groups is 2. The third kappa shape index (κ3) is 13.7. The largest absolute Gasteiger partial charge is 0.416 e. The number of nitro groups is 2. The first-order chi connectivity index (χ1) is 17.4. The van der Waals surface area contributed by atoms with E-state index in [2.05, 4.69) is 5.32 Å². The fourth-order valence-corrected chi connectivity index (χ4v) is 2.15. The molecule has 2 rings (SSSR count). The van der Waals surface area contributed by atoms with Crippen molar-refractivity contribution in [1.29, 1.82) is 0 Å². The lowest BCUT2D eigenvalue weighted by molar-refractivity contribution is -0.387. The highest BCUT2D eigenvalue weighted by Gasteiger charge is 2.34. The van der Waals surface area contributed by atoms with Gasteiger partial charge in [0, 0.05) is 25.2 Å². The number of alkyl halides is 6. The smallest absolute Gasteiger partial charge is 0.389 e. The molecule has 0 aromatic heterocycles. The molecule has 39 heavy (non-hydrogen) atoms. The van der Waals surface area contributed by atoms with Gasteiger partial charge in [-0.25, -0.2) is 0 Å². The molecule has 0 spiro atoms. The lowest BCUT2D eigenvalue weighted by Crippen LogP contribution is -2.29. The summed E-state index contributed by atoms with van der Waals surface area (Å²) in [5.74, 6) is -1.29. The Morgan fingerprint density at radius 2 is 1.18 bits per heavy atom. The van der Waals surface area contributed by atoms with Crippen molar-refractivity contribution in [2.24, 2.45) is 5.73 Å². The van der Waals surface area contributed by atoms with Crippen LogP contribution in [-0.4, -0.2) is 44.4 Å². The second-order valence-corrected chi connectivity index (χ2v) is 9.09. The van der Waals surface area contributed by atoms with Crippen LogP contribution in [0.5, 0.6) is 0 Å². The lowest BCUT2D eigenvalue weighted by atomic mass is 10.1. The SMILES string of the molecule is CC(C)(O)CN.CC(C)(O)CNc1ccc(C(F)(F)F)cc1[N+](=O)[O-].O=[N+]([O-])c1cc(C(F)(F)F)ccc1F. The van der Waals surface area contributed by atoms with E-state index in [1.165, 1.54) is 13.8 Å². The van der Waals surface area contributed by atoms with Crippen molar-refractivity contribution in [2.75, 3.05) is 18.4 Å². The van der Waals surface area contributed by atoms with E-state index >= 15 is 0 Å². The highest BCUT2D eigenvalue weighted by molar-refractivity contribution is 5.63. The van der Waals surface area contributed by atoms with Gasteiger partial charge < -0.3 is 21.3 Å². The number of benzene rings is 2. The molecule has 0 amide bonds. The highest BCUT2D eigenvalue weighted by Crippen LogP contribution is 2.35. The topological polar surface area (TPSA) is 165 Å². The molecular weight excluding hydrogens is 549 g/mol. The van der Waals surface area contributed by atoms with Crippen LogP contribution in [0.2, 0.25) is 0 Å². The monoisotopic (exact) mass is 576 g/mol. The van der Waals surface area contributed by atoms with Crippen LogP contribution in [0.15, 0.2) is 36.4 Å². The molecule has 2 aromatic carbocycles. The van der Waals surface area contributed by atoms with Gasteiger partial charge >= 0.3 is 18.0 Å². The van der Waals surface area contributed by atoms with E-state index in [4.69, 9.17) is 10.8 Å². The van der Waals surface area contributed by atoms with Gasteiger partial charge in [0.2, 0.25) is 5.82 Å². The molecule has 5 N–H and O–H groups in total. The van der Waals surface area contributed by atoms with E-state index in [1.807, 2.05) is 0 Å². The highest BCUT2D eigenvalue weighted by atomic mass is 19.4. The van der Waals surface area contributed by atoms with Crippen LogP contribution in [0.4, 0.5) is 47.8 Å². The first-order valence-electron chi connectivity index (χ1n) is 10.6. The maximum absolute atomic E-state index is 12.6. The molecule has 10 nitrogen and oxygen atoms in total. The second-order valence-electron chi connectivity index (χ2n) is 9.09. The quantitative estimate of drug-likeness (QED) is 0.205. The normalized spacial score (nSPS) is 11.9. The molecule has 0 aliphatic rings. The van der Waals surface area contributed by atoms with E-state index in [9.17, 15) is 56.1 Å². The Kier molecular flexibility index (Phi) is 12.2. The molecule has 0 saturated carbocycles. The van der Waals surface area contributed by atoms with Crippen molar-refractivity contribution in [3.8, 4) is 0 Å². The maximum Gasteiger partial charge on any atom is 0.416 e.